The number of carbonyl (C=O) groups is 1. The molecule has 0 spiro atoms. The summed E-state index contributed by atoms with van der Waals surface area (Å²) in [6.07, 6.45) is 0. The van der Waals surface area contributed by atoms with E-state index in [1.807, 2.05) is 0 Å². The van der Waals surface area contributed by atoms with Gasteiger partial charge in [0.25, 0.3) is 0 Å². The summed E-state index contributed by atoms with van der Waals surface area (Å²) in [6.45, 7) is 0. The summed E-state index contributed by atoms with van der Waals surface area (Å²) in [6, 6.07) is 4.93. The van der Waals surface area contributed by atoms with E-state index in [-0.39, 0.29) is 31.9 Å². The minimum Gasteiger partial charge on any atom is -0.478 e. The number of hydrogen-bond acceptors (Lipinski definition) is 2. The van der Waals surface area contributed by atoms with Gasteiger partial charge in [-0.15, -0.1) is 0 Å². The number of rotatable bonds is 2. The largest absolute Gasteiger partial charge is 0.478 e. The standard InChI is InChI=1S/C12H5Cl3FNO2/c13-6-1-2-7(14)11(15)10(6)8-3-5(12(18)19)4-9(16)17-8/h1-4H,(H,18,19). The molecule has 0 aliphatic heterocycles. The van der Waals surface area contributed by atoms with E-state index in [9.17, 15) is 9.18 Å². The molecule has 1 heterocycles. The molecule has 0 aliphatic carbocycles. The van der Waals surface area contributed by atoms with Crippen molar-refractivity contribution >= 4 is 40.8 Å². The van der Waals surface area contributed by atoms with Crippen LogP contribution in [0.2, 0.25) is 15.1 Å². The van der Waals surface area contributed by atoms with Gasteiger partial charge in [0.15, 0.2) is 0 Å². The van der Waals surface area contributed by atoms with Crippen molar-refractivity contribution in [3.05, 3.63) is 50.8 Å². The molecule has 98 valence electrons. The van der Waals surface area contributed by atoms with Gasteiger partial charge in [0.1, 0.15) is 0 Å². The second-order valence-corrected chi connectivity index (χ2v) is 4.78. The maximum atomic E-state index is 13.3. The lowest BCUT2D eigenvalue weighted by Gasteiger charge is -2.08. The smallest absolute Gasteiger partial charge is 0.335 e. The first kappa shape index (κ1) is 14.1. The maximum Gasteiger partial charge on any atom is 0.335 e. The molecule has 0 atom stereocenters. The highest BCUT2D eigenvalue weighted by atomic mass is 35.5. The van der Waals surface area contributed by atoms with Crippen molar-refractivity contribution in [3.63, 3.8) is 0 Å². The molecule has 1 N–H and O–H groups in total. The Morgan fingerprint density at radius 2 is 1.79 bits per heavy atom. The van der Waals surface area contributed by atoms with Crippen molar-refractivity contribution in [3.8, 4) is 11.3 Å². The van der Waals surface area contributed by atoms with E-state index in [4.69, 9.17) is 39.9 Å². The Balaban J connectivity index is 2.72. The van der Waals surface area contributed by atoms with E-state index in [1.165, 1.54) is 18.2 Å². The topological polar surface area (TPSA) is 50.2 Å². The van der Waals surface area contributed by atoms with Gasteiger partial charge < -0.3 is 5.11 Å². The number of carboxylic acid groups (broad SMARTS) is 1. The van der Waals surface area contributed by atoms with Crippen molar-refractivity contribution in [1.82, 2.24) is 4.98 Å². The second kappa shape index (κ2) is 5.33. The molecule has 3 nitrogen and oxygen atoms in total. The van der Waals surface area contributed by atoms with Gasteiger partial charge in [-0.2, -0.15) is 4.39 Å². The van der Waals surface area contributed by atoms with Crippen molar-refractivity contribution in [2.75, 3.05) is 0 Å². The first-order chi connectivity index (χ1) is 8.90. The summed E-state index contributed by atoms with van der Waals surface area (Å²) >= 11 is 17.8. The van der Waals surface area contributed by atoms with Crippen LogP contribution < -0.4 is 0 Å². The molecule has 1 aromatic heterocycles. The summed E-state index contributed by atoms with van der Waals surface area (Å²) in [5, 5.41) is 9.38. The van der Waals surface area contributed by atoms with Gasteiger partial charge in [-0.3, -0.25) is 0 Å². The first-order valence-electron chi connectivity index (χ1n) is 4.95. The Bertz CT molecular complexity index is 676. The van der Waals surface area contributed by atoms with Gasteiger partial charge in [-0.25, -0.2) is 9.78 Å². The second-order valence-electron chi connectivity index (χ2n) is 3.59. The fraction of sp³-hybridized carbons (Fsp3) is 0. The van der Waals surface area contributed by atoms with E-state index in [0.29, 0.717) is 0 Å². The average Bonchev–Trinajstić information content (AvgIpc) is 2.34. The Morgan fingerprint density at radius 3 is 2.42 bits per heavy atom. The SMILES string of the molecule is O=C(O)c1cc(F)nc(-c2c(Cl)ccc(Cl)c2Cl)c1. The van der Waals surface area contributed by atoms with Crippen LogP contribution in [-0.4, -0.2) is 16.1 Å². The number of pyridine rings is 1. The number of aromatic nitrogens is 1. The van der Waals surface area contributed by atoms with Crippen LogP contribution in [0.5, 0.6) is 0 Å². The lowest BCUT2D eigenvalue weighted by atomic mass is 10.1. The van der Waals surface area contributed by atoms with E-state index >= 15 is 0 Å². The molecule has 2 rings (SSSR count). The molecule has 2 aromatic rings. The summed E-state index contributed by atoms with van der Waals surface area (Å²) in [7, 11) is 0. The van der Waals surface area contributed by atoms with Crippen LogP contribution >= 0.6 is 34.8 Å². The van der Waals surface area contributed by atoms with Crippen molar-refractivity contribution in [2.45, 2.75) is 0 Å². The van der Waals surface area contributed by atoms with Gasteiger partial charge in [-0.1, -0.05) is 34.8 Å². The molecule has 0 unspecified atom stereocenters. The molecule has 0 fully saturated rings. The van der Waals surface area contributed by atoms with E-state index < -0.39 is 11.9 Å². The molecule has 0 bridgehead atoms. The van der Waals surface area contributed by atoms with Crippen LogP contribution in [0.3, 0.4) is 0 Å². The van der Waals surface area contributed by atoms with Crippen LogP contribution in [0.25, 0.3) is 11.3 Å². The van der Waals surface area contributed by atoms with Crippen molar-refractivity contribution in [1.29, 1.82) is 0 Å². The molecule has 0 aliphatic rings. The summed E-state index contributed by atoms with van der Waals surface area (Å²) in [4.78, 5) is 14.5. The normalized spacial score (nSPS) is 10.5. The van der Waals surface area contributed by atoms with Gasteiger partial charge >= 0.3 is 5.97 Å². The quantitative estimate of drug-likeness (QED) is 0.652. The molecule has 0 saturated heterocycles. The Kier molecular flexibility index (Phi) is 3.94. The number of carboxylic acids is 1. The predicted octanol–water partition coefficient (Wildman–Crippen LogP) is 4.55. The van der Waals surface area contributed by atoms with E-state index in [1.54, 1.807) is 0 Å². The predicted molar refractivity (Wildman–Crippen MR) is 71.6 cm³/mol. The van der Waals surface area contributed by atoms with Gasteiger partial charge in [0.2, 0.25) is 5.95 Å². The number of halogens is 4. The zero-order valence-corrected chi connectivity index (χ0v) is 11.4. The third-order valence-electron chi connectivity index (χ3n) is 2.34. The Morgan fingerprint density at radius 1 is 1.16 bits per heavy atom. The van der Waals surface area contributed by atoms with Gasteiger partial charge in [-0.05, 0) is 18.2 Å². The van der Waals surface area contributed by atoms with Crippen LogP contribution in [0, 0.1) is 5.95 Å². The minimum atomic E-state index is -1.28. The summed E-state index contributed by atoms with van der Waals surface area (Å²) < 4.78 is 13.3. The van der Waals surface area contributed by atoms with E-state index in [0.717, 1.165) is 6.07 Å². The molecule has 0 saturated carbocycles. The highest BCUT2D eigenvalue weighted by Crippen LogP contribution is 2.38. The number of hydrogen-bond donors (Lipinski definition) is 1. The summed E-state index contributed by atoms with van der Waals surface area (Å²) in [5.74, 6) is -2.22. The zero-order valence-electron chi connectivity index (χ0n) is 9.12. The highest BCUT2D eigenvalue weighted by Gasteiger charge is 2.16. The molecule has 19 heavy (non-hydrogen) atoms. The van der Waals surface area contributed by atoms with Crippen LogP contribution in [0.1, 0.15) is 10.4 Å². The molecular weight excluding hydrogens is 315 g/mol. The number of benzene rings is 1. The third kappa shape index (κ3) is 2.81. The van der Waals surface area contributed by atoms with Crippen LogP contribution in [-0.2, 0) is 0 Å². The number of aromatic carboxylic acids is 1. The van der Waals surface area contributed by atoms with Crippen molar-refractivity contribution in [2.24, 2.45) is 0 Å². The molecule has 0 amide bonds. The molecule has 7 heteroatoms. The first-order valence-corrected chi connectivity index (χ1v) is 6.08. The third-order valence-corrected chi connectivity index (χ3v) is 3.46. The Hall–Kier alpha value is -1.36. The average molecular weight is 321 g/mol. The van der Waals surface area contributed by atoms with E-state index in [2.05, 4.69) is 4.98 Å². The molecular formula is C12H5Cl3FNO2. The zero-order chi connectivity index (χ0) is 14.2. The fourth-order valence-electron chi connectivity index (χ4n) is 1.51. The lowest BCUT2D eigenvalue weighted by molar-refractivity contribution is 0.0696. The van der Waals surface area contributed by atoms with Crippen LogP contribution in [0.4, 0.5) is 4.39 Å². The fourth-order valence-corrected chi connectivity index (χ4v) is 2.23. The monoisotopic (exact) mass is 319 g/mol. The van der Waals surface area contributed by atoms with Gasteiger partial charge in [0.05, 0.1) is 26.3 Å². The molecule has 0 radical (unpaired) electrons. The minimum absolute atomic E-state index is 0.00917. The van der Waals surface area contributed by atoms with Crippen LogP contribution in [0.15, 0.2) is 24.3 Å². The highest BCUT2D eigenvalue weighted by molar-refractivity contribution is 6.46. The number of nitrogens with zero attached hydrogens (tertiary/aromatic N) is 1. The Labute approximate surface area is 122 Å². The maximum absolute atomic E-state index is 13.3. The molecule has 1 aromatic carbocycles. The summed E-state index contributed by atoms with van der Waals surface area (Å²) in [5.41, 5.74) is -0.0534. The lowest BCUT2D eigenvalue weighted by Crippen LogP contribution is -2.00. The van der Waals surface area contributed by atoms with Gasteiger partial charge in [0, 0.05) is 11.6 Å². The van der Waals surface area contributed by atoms with Crippen molar-refractivity contribution < 1.29 is 14.3 Å².